The molecule has 17 heteroatoms. The number of anilines is 4. The van der Waals surface area contributed by atoms with Gasteiger partial charge in [0, 0.05) is 125 Å². The summed E-state index contributed by atoms with van der Waals surface area (Å²) in [5.41, 5.74) is 5.01. The number of hydrogen-bond acceptors (Lipinski definition) is 8. The van der Waals surface area contributed by atoms with Crippen LogP contribution in [0.4, 0.5) is 45.2 Å². The van der Waals surface area contributed by atoms with Gasteiger partial charge < -0.3 is 24.0 Å². The molecule has 2 aromatic carbocycles. The number of fused-ring (bicyclic) bond motifs is 2. The van der Waals surface area contributed by atoms with E-state index in [0.717, 1.165) is 86.6 Å². The van der Waals surface area contributed by atoms with E-state index in [-0.39, 0.29) is 52.6 Å². The minimum Gasteiger partial charge on any atom is -0.371 e. The van der Waals surface area contributed by atoms with Gasteiger partial charge >= 0.3 is 6.03 Å². The number of hydrogen-bond donors (Lipinski definition) is 1. The fraction of sp³-hybridized carbons (Fsp3) is 0.457. The highest BCUT2D eigenvalue weighted by Gasteiger charge is 2.34. The molecule has 0 spiro atoms. The lowest BCUT2D eigenvalue weighted by atomic mass is 9.93. The number of aromatic nitrogens is 4. The Kier molecular flexibility index (Phi) is 11.6. The Bertz CT molecular complexity index is 2540. The van der Waals surface area contributed by atoms with Gasteiger partial charge in [0.2, 0.25) is 11.8 Å². The highest BCUT2D eigenvalue weighted by Crippen LogP contribution is 2.42. The standard InChI is InChI=1S/C46H52F4N10O3/c1-28-38(5-4-6-39(28)59-21-14-42(62)52-46(59)63)56-18-9-30(10-19-56)25-55-16-11-31(12-17-55)60-40-13-20-57(29(2)61)27-37(40)45(53-60)54(3)32-7-8-33(35(23-32)43(47)48)34-24-41-51-15-22-58(41)26-36(34)44(49)50/h4-8,15,22-24,26,30-31,43-44H,9-14,16-21,25,27H2,1-3H3,(H,52,62,63). The third kappa shape index (κ3) is 8.22. The highest BCUT2D eigenvalue weighted by molar-refractivity contribution is 6.06. The Morgan fingerprint density at radius 2 is 1.63 bits per heavy atom. The maximum atomic E-state index is 14.9. The average molecular weight is 869 g/mol. The van der Waals surface area contributed by atoms with Gasteiger partial charge in [-0.15, -0.1) is 0 Å². The number of piperidine rings is 2. The summed E-state index contributed by atoms with van der Waals surface area (Å²) in [7, 11) is 1.77. The normalized spacial score (nSPS) is 18.2. The van der Waals surface area contributed by atoms with Crippen molar-refractivity contribution in [3.63, 3.8) is 0 Å². The smallest absolute Gasteiger partial charge is 0.328 e. The minimum absolute atomic E-state index is 0.00618. The molecule has 0 aliphatic carbocycles. The first-order valence-electron chi connectivity index (χ1n) is 21.8. The summed E-state index contributed by atoms with van der Waals surface area (Å²) in [4.78, 5) is 51.3. The van der Waals surface area contributed by atoms with Crippen molar-refractivity contribution in [3.05, 3.63) is 89.0 Å². The van der Waals surface area contributed by atoms with Gasteiger partial charge in [-0.2, -0.15) is 5.10 Å². The van der Waals surface area contributed by atoms with E-state index in [9.17, 15) is 31.9 Å². The molecule has 4 aliphatic heterocycles. The first kappa shape index (κ1) is 42.3. The van der Waals surface area contributed by atoms with Crippen LogP contribution >= 0.6 is 0 Å². The predicted octanol–water partition coefficient (Wildman–Crippen LogP) is 8.05. The van der Waals surface area contributed by atoms with Gasteiger partial charge in [-0.25, -0.2) is 27.3 Å². The summed E-state index contributed by atoms with van der Waals surface area (Å²) in [6.07, 6.45) is 3.21. The molecule has 3 fully saturated rings. The van der Waals surface area contributed by atoms with Crippen LogP contribution in [-0.2, 0) is 22.6 Å². The van der Waals surface area contributed by atoms with E-state index >= 15 is 0 Å². The molecule has 7 heterocycles. The first-order chi connectivity index (χ1) is 30.3. The Balaban J connectivity index is 0.888. The van der Waals surface area contributed by atoms with Crippen LogP contribution in [0, 0.1) is 12.8 Å². The molecule has 3 aromatic heterocycles. The van der Waals surface area contributed by atoms with E-state index in [1.54, 1.807) is 34.7 Å². The summed E-state index contributed by atoms with van der Waals surface area (Å²) in [6, 6.07) is 11.7. The van der Waals surface area contributed by atoms with Gasteiger partial charge in [-0.05, 0) is 85.5 Å². The number of amides is 4. The van der Waals surface area contributed by atoms with Crippen molar-refractivity contribution >= 4 is 46.4 Å². The van der Waals surface area contributed by atoms with Gasteiger partial charge in [0.1, 0.15) is 5.65 Å². The van der Waals surface area contributed by atoms with Crippen molar-refractivity contribution in [1.29, 1.82) is 0 Å². The lowest BCUT2D eigenvalue weighted by Gasteiger charge is -2.39. The molecule has 0 atom stereocenters. The topological polar surface area (TPSA) is 115 Å². The van der Waals surface area contributed by atoms with E-state index in [1.807, 2.05) is 19.1 Å². The molecule has 4 aliphatic rings. The molecule has 3 saturated heterocycles. The molecule has 0 unspecified atom stereocenters. The van der Waals surface area contributed by atoms with Crippen LogP contribution in [0.2, 0.25) is 0 Å². The zero-order chi connectivity index (χ0) is 44.1. The molecule has 63 heavy (non-hydrogen) atoms. The summed E-state index contributed by atoms with van der Waals surface area (Å²) < 4.78 is 61.9. The Morgan fingerprint density at radius 3 is 2.35 bits per heavy atom. The number of likely N-dealkylation sites (tertiary alicyclic amines) is 1. The average Bonchev–Trinajstić information content (AvgIpc) is 3.91. The quantitative estimate of drug-likeness (QED) is 0.140. The number of benzene rings is 2. The van der Waals surface area contributed by atoms with Crippen molar-refractivity contribution in [2.75, 3.05) is 67.6 Å². The Labute approximate surface area is 363 Å². The van der Waals surface area contributed by atoms with E-state index < -0.39 is 12.9 Å². The monoisotopic (exact) mass is 868 g/mol. The number of rotatable bonds is 10. The van der Waals surface area contributed by atoms with Crippen LogP contribution in [0.15, 0.2) is 61.1 Å². The highest BCUT2D eigenvalue weighted by atomic mass is 19.3. The number of carbonyl (C=O) groups is 3. The van der Waals surface area contributed by atoms with Crippen LogP contribution in [0.3, 0.4) is 0 Å². The van der Waals surface area contributed by atoms with Crippen LogP contribution < -0.4 is 20.0 Å². The second-order valence-electron chi connectivity index (χ2n) is 17.3. The molecule has 1 N–H and O–H groups in total. The third-order valence-corrected chi connectivity index (χ3v) is 13.6. The molecule has 0 saturated carbocycles. The van der Waals surface area contributed by atoms with Crippen LogP contribution in [-0.4, -0.2) is 99.7 Å². The largest absolute Gasteiger partial charge is 0.371 e. The molecule has 0 bridgehead atoms. The Morgan fingerprint density at radius 1 is 0.889 bits per heavy atom. The second-order valence-corrected chi connectivity index (χ2v) is 17.3. The SMILES string of the molecule is CC(=O)N1CCc2c(c(N(C)c3ccc(-c4cc5nccn5cc4C(F)F)c(C(F)F)c3)nn2C2CCN(CC3CCN(c4cccc(N5CCC(=O)NC5=O)c4C)CC3)CC2)C1. The number of urea groups is 1. The summed E-state index contributed by atoms with van der Waals surface area (Å²) in [5.74, 6) is 0.836. The molecular weight excluding hydrogens is 817 g/mol. The van der Waals surface area contributed by atoms with Crippen molar-refractivity contribution in [2.24, 2.45) is 5.92 Å². The molecular formula is C46H52F4N10O3. The lowest BCUT2D eigenvalue weighted by Crippen LogP contribution is -2.50. The zero-order valence-electron chi connectivity index (χ0n) is 35.7. The number of carbonyl (C=O) groups excluding carboxylic acids is 3. The number of imide groups is 1. The van der Waals surface area contributed by atoms with Crippen molar-refractivity contribution in [1.82, 2.24) is 34.3 Å². The summed E-state index contributed by atoms with van der Waals surface area (Å²) >= 11 is 0. The van der Waals surface area contributed by atoms with E-state index in [4.69, 9.17) is 5.10 Å². The minimum atomic E-state index is -2.95. The fourth-order valence-electron chi connectivity index (χ4n) is 10.1. The van der Waals surface area contributed by atoms with Crippen molar-refractivity contribution in [2.45, 2.75) is 77.8 Å². The van der Waals surface area contributed by atoms with Crippen LogP contribution in [0.25, 0.3) is 16.8 Å². The van der Waals surface area contributed by atoms with Gasteiger partial charge in [-0.3, -0.25) is 24.5 Å². The number of alkyl halides is 4. The van der Waals surface area contributed by atoms with Gasteiger partial charge in [0.05, 0.1) is 18.3 Å². The molecule has 9 rings (SSSR count). The molecule has 5 aromatic rings. The zero-order valence-corrected chi connectivity index (χ0v) is 35.7. The van der Waals surface area contributed by atoms with E-state index in [0.29, 0.717) is 49.1 Å². The predicted molar refractivity (Wildman–Crippen MR) is 232 cm³/mol. The molecule has 13 nitrogen and oxygen atoms in total. The van der Waals surface area contributed by atoms with E-state index in [1.165, 1.54) is 41.2 Å². The van der Waals surface area contributed by atoms with E-state index in [2.05, 4.69) is 30.8 Å². The molecule has 4 amide bonds. The maximum absolute atomic E-state index is 14.9. The van der Waals surface area contributed by atoms with Crippen molar-refractivity contribution < 1.29 is 31.9 Å². The number of halogens is 4. The van der Waals surface area contributed by atoms with Gasteiger partial charge in [0.25, 0.3) is 12.9 Å². The van der Waals surface area contributed by atoms with Crippen molar-refractivity contribution in [3.8, 4) is 11.1 Å². The Hall–Kier alpha value is -5.97. The summed E-state index contributed by atoms with van der Waals surface area (Å²) in [6.45, 7) is 9.54. The number of pyridine rings is 1. The molecule has 0 radical (unpaired) electrons. The van der Waals surface area contributed by atoms with Crippen LogP contribution in [0.5, 0.6) is 0 Å². The summed E-state index contributed by atoms with van der Waals surface area (Å²) in [5, 5.41) is 7.61. The van der Waals surface area contributed by atoms with Crippen LogP contribution in [0.1, 0.15) is 85.9 Å². The number of imidazole rings is 1. The lowest BCUT2D eigenvalue weighted by molar-refractivity contribution is -0.129. The fourth-order valence-corrected chi connectivity index (χ4v) is 10.1. The molecule has 332 valence electrons. The van der Waals surface area contributed by atoms with Gasteiger partial charge in [-0.1, -0.05) is 12.1 Å². The number of nitrogens with one attached hydrogen (secondary N) is 1. The first-order valence-corrected chi connectivity index (χ1v) is 21.8. The third-order valence-electron chi connectivity index (χ3n) is 13.6. The van der Waals surface area contributed by atoms with Gasteiger partial charge in [0.15, 0.2) is 5.82 Å². The second kappa shape index (κ2) is 17.3. The number of nitrogens with zero attached hydrogens (tertiary/aromatic N) is 9. The maximum Gasteiger partial charge on any atom is 0.328 e.